The van der Waals surface area contributed by atoms with Crippen LogP contribution in [0.1, 0.15) is 38.5 Å². The zero-order valence-corrected chi connectivity index (χ0v) is 13.2. The highest BCUT2D eigenvalue weighted by Gasteiger charge is 2.38. The topological polar surface area (TPSA) is 77.8 Å². The van der Waals surface area contributed by atoms with E-state index in [2.05, 4.69) is 25.3 Å². The van der Waals surface area contributed by atoms with E-state index in [-0.39, 0.29) is 18.9 Å². The van der Waals surface area contributed by atoms with E-state index < -0.39 is 18.1 Å². The van der Waals surface area contributed by atoms with Crippen LogP contribution >= 0.6 is 25.3 Å². The Morgan fingerprint density at radius 1 is 1.30 bits per heavy atom. The summed E-state index contributed by atoms with van der Waals surface area (Å²) in [4.78, 5) is 24.3. The maximum atomic E-state index is 12.0. The van der Waals surface area contributed by atoms with Gasteiger partial charge in [0.05, 0.1) is 6.10 Å². The molecule has 1 aliphatic rings. The summed E-state index contributed by atoms with van der Waals surface area (Å²) in [6, 6.07) is -0.876. The minimum absolute atomic E-state index is 0.127. The summed E-state index contributed by atoms with van der Waals surface area (Å²) in [5, 5.41) is 18.8. The number of amides is 1. The first-order chi connectivity index (χ1) is 9.45. The minimum atomic E-state index is -1.04. The van der Waals surface area contributed by atoms with Gasteiger partial charge in [0.25, 0.3) is 0 Å². The average molecular weight is 321 g/mol. The molecule has 20 heavy (non-hydrogen) atoms. The van der Waals surface area contributed by atoms with Crippen LogP contribution in [0.4, 0.5) is 0 Å². The highest BCUT2D eigenvalue weighted by Crippen LogP contribution is 2.20. The second kappa shape index (κ2) is 8.79. The van der Waals surface area contributed by atoms with Crippen molar-refractivity contribution in [2.24, 2.45) is 0 Å². The van der Waals surface area contributed by atoms with E-state index in [0.717, 1.165) is 31.4 Å². The van der Waals surface area contributed by atoms with E-state index in [9.17, 15) is 14.7 Å². The number of hydrogen-bond donors (Lipinski definition) is 4. The van der Waals surface area contributed by atoms with Gasteiger partial charge in [-0.1, -0.05) is 6.42 Å². The number of carboxylic acid groups (broad SMARTS) is 1. The number of aliphatic carboxylic acids is 1. The van der Waals surface area contributed by atoms with E-state index in [4.69, 9.17) is 5.11 Å². The highest BCUT2D eigenvalue weighted by atomic mass is 32.1. The SMILES string of the molecule is O=C(O)C1CC(O)CN1C(=O)CCCCC(S)CCS. The van der Waals surface area contributed by atoms with Crippen LogP contribution in [0.2, 0.25) is 0 Å². The Kier molecular flexibility index (Phi) is 7.76. The number of nitrogens with zero attached hydrogens (tertiary/aromatic N) is 1. The zero-order chi connectivity index (χ0) is 15.1. The molecule has 7 heteroatoms. The van der Waals surface area contributed by atoms with Crippen LogP contribution in [0, 0.1) is 0 Å². The van der Waals surface area contributed by atoms with Crippen molar-refractivity contribution in [3.8, 4) is 0 Å². The lowest BCUT2D eigenvalue weighted by molar-refractivity contribution is -0.148. The van der Waals surface area contributed by atoms with Crippen LogP contribution in [0.5, 0.6) is 0 Å². The lowest BCUT2D eigenvalue weighted by Gasteiger charge is -2.21. The second-order valence-corrected chi connectivity index (χ2v) is 6.38. The first kappa shape index (κ1) is 17.7. The first-order valence-electron chi connectivity index (χ1n) is 6.95. The van der Waals surface area contributed by atoms with Crippen molar-refractivity contribution in [1.29, 1.82) is 0 Å². The van der Waals surface area contributed by atoms with E-state index in [1.165, 1.54) is 4.90 Å². The van der Waals surface area contributed by atoms with Crippen LogP contribution < -0.4 is 0 Å². The Bertz CT molecular complexity index is 340. The molecule has 1 fully saturated rings. The summed E-state index contributed by atoms with van der Waals surface area (Å²) in [5.41, 5.74) is 0. The summed E-state index contributed by atoms with van der Waals surface area (Å²) in [6.07, 6.45) is 3.22. The Morgan fingerprint density at radius 3 is 2.60 bits per heavy atom. The number of carboxylic acids is 1. The number of aliphatic hydroxyl groups is 1. The molecule has 2 N–H and O–H groups in total. The molecule has 0 aliphatic carbocycles. The fourth-order valence-corrected chi connectivity index (χ4v) is 3.24. The van der Waals surface area contributed by atoms with E-state index in [1.807, 2.05) is 0 Å². The first-order valence-corrected chi connectivity index (χ1v) is 8.09. The molecule has 0 saturated carbocycles. The van der Waals surface area contributed by atoms with Gasteiger partial charge >= 0.3 is 5.97 Å². The van der Waals surface area contributed by atoms with Gasteiger partial charge in [0.15, 0.2) is 0 Å². The molecule has 0 bridgehead atoms. The smallest absolute Gasteiger partial charge is 0.326 e. The van der Waals surface area contributed by atoms with E-state index in [1.54, 1.807) is 0 Å². The van der Waals surface area contributed by atoms with Gasteiger partial charge < -0.3 is 15.1 Å². The van der Waals surface area contributed by atoms with E-state index in [0.29, 0.717) is 11.7 Å². The standard InChI is InChI=1S/C13H23NO4S2/c15-9-7-11(13(17)18)14(8-9)12(16)4-2-1-3-10(20)5-6-19/h9-11,15,19-20H,1-8H2,(H,17,18). The zero-order valence-electron chi connectivity index (χ0n) is 11.4. The Labute approximate surface area is 130 Å². The summed E-state index contributed by atoms with van der Waals surface area (Å²) in [5.74, 6) is -0.419. The van der Waals surface area contributed by atoms with Gasteiger partial charge in [-0.3, -0.25) is 4.79 Å². The number of carbonyl (C=O) groups excluding carboxylic acids is 1. The van der Waals surface area contributed by atoms with Crippen LogP contribution in [0.25, 0.3) is 0 Å². The Balaban J connectivity index is 2.30. The molecule has 3 atom stereocenters. The molecule has 0 aromatic heterocycles. The Morgan fingerprint density at radius 2 is 2.00 bits per heavy atom. The molecule has 1 rings (SSSR count). The number of likely N-dealkylation sites (tertiary alicyclic amines) is 1. The van der Waals surface area contributed by atoms with Crippen LogP contribution in [-0.4, -0.2) is 56.7 Å². The van der Waals surface area contributed by atoms with Gasteiger partial charge in [0.1, 0.15) is 6.04 Å². The fraction of sp³-hybridized carbons (Fsp3) is 0.846. The molecule has 0 radical (unpaired) electrons. The van der Waals surface area contributed by atoms with Crippen LogP contribution in [-0.2, 0) is 9.59 Å². The summed E-state index contributed by atoms with van der Waals surface area (Å²) in [7, 11) is 0. The second-order valence-electron chi connectivity index (χ2n) is 5.20. The maximum Gasteiger partial charge on any atom is 0.326 e. The third-order valence-corrected chi connectivity index (χ3v) is 4.30. The molecule has 1 amide bonds. The Hall–Kier alpha value is -0.400. The summed E-state index contributed by atoms with van der Waals surface area (Å²) in [6.45, 7) is 0.130. The lowest BCUT2D eigenvalue weighted by Crippen LogP contribution is -2.40. The van der Waals surface area contributed by atoms with Gasteiger partial charge in [0.2, 0.25) is 5.91 Å². The van der Waals surface area contributed by atoms with Gasteiger partial charge in [-0.05, 0) is 25.0 Å². The number of hydrogen-bond acceptors (Lipinski definition) is 5. The summed E-state index contributed by atoms with van der Waals surface area (Å²) < 4.78 is 0. The largest absolute Gasteiger partial charge is 0.480 e. The van der Waals surface area contributed by atoms with Crippen molar-refractivity contribution < 1.29 is 19.8 Å². The molecule has 0 aromatic rings. The van der Waals surface area contributed by atoms with Crippen molar-refractivity contribution in [1.82, 2.24) is 4.90 Å². The lowest BCUT2D eigenvalue weighted by atomic mass is 10.1. The predicted molar refractivity (Wildman–Crippen MR) is 83.5 cm³/mol. The molecule has 1 saturated heterocycles. The van der Waals surface area contributed by atoms with E-state index >= 15 is 0 Å². The van der Waals surface area contributed by atoms with Crippen LogP contribution in [0.15, 0.2) is 0 Å². The monoisotopic (exact) mass is 321 g/mol. The number of aliphatic hydroxyl groups excluding tert-OH is 1. The van der Waals surface area contributed by atoms with Gasteiger partial charge in [-0.25, -0.2) is 4.79 Å². The van der Waals surface area contributed by atoms with Crippen molar-refractivity contribution in [2.75, 3.05) is 12.3 Å². The molecule has 5 nitrogen and oxygen atoms in total. The third kappa shape index (κ3) is 5.54. The predicted octanol–water partition coefficient (Wildman–Crippen LogP) is 1.21. The molecule has 116 valence electrons. The average Bonchev–Trinajstić information content (AvgIpc) is 2.77. The van der Waals surface area contributed by atoms with Crippen LogP contribution in [0.3, 0.4) is 0 Å². The minimum Gasteiger partial charge on any atom is -0.480 e. The van der Waals surface area contributed by atoms with Gasteiger partial charge in [-0.15, -0.1) is 0 Å². The normalized spacial score (nSPS) is 23.9. The number of unbranched alkanes of at least 4 members (excludes halogenated alkanes) is 1. The number of carbonyl (C=O) groups is 2. The number of thiol groups is 2. The third-order valence-electron chi connectivity index (χ3n) is 3.52. The van der Waals surface area contributed by atoms with Gasteiger partial charge in [0, 0.05) is 24.6 Å². The van der Waals surface area contributed by atoms with Crippen molar-refractivity contribution in [3.05, 3.63) is 0 Å². The van der Waals surface area contributed by atoms with Crippen molar-refractivity contribution in [2.45, 2.75) is 55.9 Å². The molecule has 3 unspecified atom stereocenters. The fourth-order valence-electron chi connectivity index (χ4n) is 2.42. The number of β-amino-alcohol motifs (C(OH)–C–C–N with tert-alkyl or cyclic N) is 1. The maximum absolute atomic E-state index is 12.0. The molecule has 0 spiro atoms. The quantitative estimate of drug-likeness (QED) is 0.400. The number of rotatable bonds is 8. The molecule has 0 aromatic carbocycles. The van der Waals surface area contributed by atoms with Crippen molar-refractivity contribution in [3.63, 3.8) is 0 Å². The molecule has 1 heterocycles. The molecular weight excluding hydrogens is 298 g/mol. The molecular formula is C13H23NO4S2. The van der Waals surface area contributed by atoms with Crippen molar-refractivity contribution >= 4 is 37.1 Å². The van der Waals surface area contributed by atoms with Gasteiger partial charge in [-0.2, -0.15) is 25.3 Å². The molecule has 1 aliphatic heterocycles. The summed E-state index contributed by atoms with van der Waals surface area (Å²) >= 11 is 8.57. The highest BCUT2D eigenvalue weighted by molar-refractivity contribution is 7.81.